The van der Waals surface area contributed by atoms with Crippen molar-refractivity contribution in [2.45, 2.75) is 6.92 Å². The Morgan fingerprint density at radius 3 is 2.32 bits per heavy atom. The van der Waals surface area contributed by atoms with Crippen molar-refractivity contribution >= 4 is 34.2 Å². The van der Waals surface area contributed by atoms with Crippen LogP contribution in [0.1, 0.15) is 27.6 Å². The molecule has 8 nitrogen and oxygen atoms in total. The van der Waals surface area contributed by atoms with Crippen LogP contribution in [0.3, 0.4) is 0 Å². The van der Waals surface area contributed by atoms with Crippen LogP contribution in [0.25, 0.3) is 10.4 Å². The second-order valence-electron chi connectivity index (χ2n) is 6.27. The third-order valence-corrected chi connectivity index (χ3v) is 5.17. The number of hydrogen-bond acceptors (Lipinski definition) is 8. The molecular weight excluding hydrogens is 422 g/mol. The van der Waals surface area contributed by atoms with E-state index in [1.165, 1.54) is 23.5 Å². The molecule has 0 saturated heterocycles. The van der Waals surface area contributed by atoms with Gasteiger partial charge in [0.15, 0.2) is 6.61 Å². The predicted molar refractivity (Wildman–Crippen MR) is 114 cm³/mol. The van der Waals surface area contributed by atoms with E-state index in [2.05, 4.69) is 5.32 Å². The fourth-order valence-corrected chi connectivity index (χ4v) is 3.72. The molecule has 3 rings (SSSR count). The molecule has 0 bridgehead atoms. The summed E-state index contributed by atoms with van der Waals surface area (Å²) in [7, 11) is 0. The van der Waals surface area contributed by atoms with Gasteiger partial charge in [0.1, 0.15) is 22.1 Å². The van der Waals surface area contributed by atoms with Gasteiger partial charge in [0, 0.05) is 10.9 Å². The van der Waals surface area contributed by atoms with Gasteiger partial charge in [0.2, 0.25) is 0 Å². The fraction of sp³-hybridized carbons (Fsp3) is 0.136. The van der Waals surface area contributed by atoms with Crippen LogP contribution in [0.4, 0.5) is 5.00 Å². The lowest BCUT2D eigenvalue weighted by Crippen LogP contribution is -2.21. The number of rotatable bonds is 7. The van der Waals surface area contributed by atoms with E-state index >= 15 is 0 Å². The van der Waals surface area contributed by atoms with Crippen LogP contribution in [0.5, 0.6) is 11.5 Å². The third-order valence-electron chi connectivity index (χ3n) is 4.07. The molecule has 0 aliphatic heterocycles. The lowest BCUT2D eigenvalue weighted by atomic mass is 10.1. The van der Waals surface area contributed by atoms with Gasteiger partial charge in [0.05, 0.1) is 12.2 Å². The smallest absolute Gasteiger partial charge is 0.342 e. The third kappa shape index (κ3) is 5.40. The normalized spacial score (nSPS) is 10.4. The Morgan fingerprint density at radius 1 is 0.935 bits per heavy atom. The summed E-state index contributed by atoms with van der Waals surface area (Å²) in [5.74, 6) is -2.87. The van der Waals surface area contributed by atoms with E-state index in [1.54, 1.807) is 13.0 Å². The number of esters is 2. The van der Waals surface area contributed by atoms with E-state index in [0.717, 1.165) is 16.5 Å². The molecule has 0 aliphatic rings. The molecule has 0 atom stereocenters. The Hall–Kier alpha value is -3.85. The van der Waals surface area contributed by atoms with Crippen LogP contribution in [-0.2, 0) is 14.3 Å². The summed E-state index contributed by atoms with van der Waals surface area (Å²) in [6.45, 7) is 1.22. The molecule has 0 saturated carbocycles. The highest BCUT2D eigenvalue weighted by Crippen LogP contribution is 2.36. The molecule has 0 aliphatic carbocycles. The van der Waals surface area contributed by atoms with Crippen LogP contribution < -0.4 is 5.32 Å². The molecule has 0 fully saturated rings. The van der Waals surface area contributed by atoms with Gasteiger partial charge in [-0.25, -0.2) is 9.59 Å². The van der Waals surface area contributed by atoms with Crippen molar-refractivity contribution in [3.63, 3.8) is 0 Å². The van der Waals surface area contributed by atoms with Crippen LogP contribution in [0, 0.1) is 0 Å². The van der Waals surface area contributed by atoms with Crippen molar-refractivity contribution in [3.05, 3.63) is 65.7 Å². The molecule has 1 heterocycles. The summed E-state index contributed by atoms with van der Waals surface area (Å²) < 4.78 is 9.98. The molecule has 0 unspecified atom stereocenters. The van der Waals surface area contributed by atoms with Crippen molar-refractivity contribution in [1.29, 1.82) is 0 Å². The van der Waals surface area contributed by atoms with Gasteiger partial charge in [-0.15, -0.1) is 11.3 Å². The first-order valence-electron chi connectivity index (χ1n) is 9.24. The Labute approximate surface area is 181 Å². The number of aromatic hydroxyl groups is 2. The lowest BCUT2D eigenvalue weighted by Gasteiger charge is -2.08. The van der Waals surface area contributed by atoms with Gasteiger partial charge >= 0.3 is 11.9 Å². The highest BCUT2D eigenvalue weighted by atomic mass is 32.1. The van der Waals surface area contributed by atoms with E-state index in [4.69, 9.17) is 9.47 Å². The Kier molecular flexibility index (Phi) is 6.88. The summed E-state index contributed by atoms with van der Waals surface area (Å²) >= 11 is 1.19. The number of hydrogen-bond donors (Lipinski definition) is 3. The van der Waals surface area contributed by atoms with Gasteiger partial charge in [-0.1, -0.05) is 30.3 Å². The zero-order valence-corrected chi connectivity index (χ0v) is 17.3. The van der Waals surface area contributed by atoms with E-state index in [1.807, 2.05) is 30.3 Å². The number of phenols is 2. The van der Waals surface area contributed by atoms with Gasteiger partial charge in [-0.05, 0) is 30.7 Å². The second kappa shape index (κ2) is 9.77. The molecule has 1 amide bonds. The number of phenolic OH excluding ortho intramolecular Hbond substituents is 2. The van der Waals surface area contributed by atoms with E-state index < -0.39 is 30.2 Å². The maximum absolute atomic E-state index is 12.3. The Morgan fingerprint density at radius 2 is 1.65 bits per heavy atom. The van der Waals surface area contributed by atoms with Crippen molar-refractivity contribution < 1.29 is 34.1 Å². The van der Waals surface area contributed by atoms with E-state index in [0.29, 0.717) is 0 Å². The lowest BCUT2D eigenvalue weighted by molar-refractivity contribution is -0.119. The second-order valence-corrected chi connectivity index (χ2v) is 7.32. The summed E-state index contributed by atoms with van der Waals surface area (Å²) in [6, 6.07) is 14.3. The minimum Gasteiger partial charge on any atom is -0.508 e. The molecule has 0 radical (unpaired) electrons. The van der Waals surface area contributed by atoms with Crippen molar-refractivity contribution in [2.75, 3.05) is 18.5 Å². The maximum Gasteiger partial charge on any atom is 0.342 e. The van der Waals surface area contributed by atoms with Crippen molar-refractivity contribution in [3.8, 4) is 21.9 Å². The number of amides is 1. The monoisotopic (exact) mass is 441 g/mol. The number of benzene rings is 2. The molecule has 0 spiro atoms. The number of carbonyl (C=O) groups is 3. The maximum atomic E-state index is 12.3. The molecule has 1 aromatic heterocycles. The quantitative estimate of drug-likeness (QED) is 0.477. The predicted octanol–water partition coefficient (Wildman–Crippen LogP) is 3.80. The first-order chi connectivity index (χ1) is 14.9. The number of ether oxygens (including phenoxy) is 2. The number of nitrogens with one attached hydrogen (secondary N) is 1. The minimum atomic E-state index is -0.936. The van der Waals surface area contributed by atoms with Crippen LogP contribution in [0.2, 0.25) is 0 Å². The van der Waals surface area contributed by atoms with Crippen LogP contribution in [-0.4, -0.2) is 41.3 Å². The molecule has 2 aromatic carbocycles. The highest BCUT2D eigenvalue weighted by molar-refractivity contribution is 7.20. The van der Waals surface area contributed by atoms with Crippen molar-refractivity contribution in [2.24, 2.45) is 0 Å². The zero-order chi connectivity index (χ0) is 22.4. The molecule has 9 heteroatoms. The fourth-order valence-electron chi connectivity index (χ4n) is 2.65. The van der Waals surface area contributed by atoms with Gasteiger partial charge in [-0.3, -0.25) is 4.79 Å². The minimum absolute atomic E-state index is 0.177. The highest BCUT2D eigenvalue weighted by Gasteiger charge is 2.21. The molecule has 3 N–H and O–H groups in total. The average Bonchev–Trinajstić information content (AvgIpc) is 3.16. The van der Waals surface area contributed by atoms with E-state index in [-0.39, 0.29) is 28.5 Å². The van der Waals surface area contributed by atoms with E-state index in [9.17, 15) is 24.6 Å². The topological polar surface area (TPSA) is 122 Å². The Bertz CT molecular complexity index is 1110. The SMILES string of the molecule is CCOC(=O)c1cc(-c2ccccc2)sc1NC(=O)COC(=O)c1ccc(O)cc1O. The first kappa shape index (κ1) is 21.8. The molecule has 31 heavy (non-hydrogen) atoms. The summed E-state index contributed by atoms with van der Waals surface area (Å²) in [5.41, 5.74) is 0.870. The zero-order valence-electron chi connectivity index (χ0n) is 16.5. The van der Waals surface area contributed by atoms with Gasteiger partial charge in [0.25, 0.3) is 5.91 Å². The number of anilines is 1. The van der Waals surface area contributed by atoms with Gasteiger partial charge in [-0.2, -0.15) is 0 Å². The van der Waals surface area contributed by atoms with Crippen molar-refractivity contribution in [1.82, 2.24) is 0 Å². The summed E-state index contributed by atoms with van der Waals surface area (Å²) in [4.78, 5) is 37.5. The number of thiophene rings is 1. The Balaban J connectivity index is 1.73. The van der Waals surface area contributed by atoms with Gasteiger partial charge < -0.3 is 25.0 Å². The standard InChI is InChI=1S/C22H19NO7S/c1-2-29-22(28)16-11-18(13-6-4-3-5-7-13)31-20(16)23-19(26)12-30-21(27)15-9-8-14(24)10-17(15)25/h3-11,24-25H,2,12H2,1H3,(H,23,26). The molecule has 3 aromatic rings. The summed E-state index contributed by atoms with van der Waals surface area (Å²) in [6.07, 6.45) is 0. The first-order valence-corrected chi connectivity index (χ1v) is 10.1. The largest absolute Gasteiger partial charge is 0.508 e. The molecular formula is C22H19NO7S. The summed E-state index contributed by atoms with van der Waals surface area (Å²) in [5, 5.41) is 21.8. The molecule has 160 valence electrons. The average molecular weight is 441 g/mol. The van der Waals surface area contributed by atoms with Crippen LogP contribution in [0.15, 0.2) is 54.6 Å². The van der Waals surface area contributed by atoms with Crippen LogP contribution >= 0.6 is 11.3 Å². The number of carbonyl (C=O) groups excluding carboxylic acids is 3.